The van der Waals surface area contributed by atoms with Gasteiger partial charge < -0.3 is 5.21 Å². The molecule has 100 valence electrons. The summed E-state index contributed by atoms with van der Waals surface area (Å²) in [5.74, 6) is 0.158. The molecule has 5 nitrogen and oxygen atoms in total. The van der Waals surface area contributed by atoms with Gasteiger partial charge in [0.25, 0.3) is 5.91 Å². The van der Waals surface area contributed by atoms with Gasteiger partial charge in [-0.25, -0.2) is 5.48 Å². The molecule has 0 aromatic rings. The molecule has 0 atom stereocenters. The Balaban J connectivity index is 0. The van der Waals surface area contributed by atoms with Crippen LogP contribution in [0.15, 0.2) is 17.3 Å². The second-order valence-corrected chi connectivity index (χ2v) is 4.11. The molecule has 5 heteroatoms. The summed E-state index contributed by atoms with van der Waals surface area (Å²) in [5, 5.41) is 10.8. The first-order chi connectivity index (χ1) is 7.84. The molecule has 0 aliphatic carbocycles. The van der Waals surface area contributed by atoms with Crippen molar-refractivity contribution >= 4 is 11.6 Å². The Morgan fingerprint density at radius 2 is 2.00 bits per heavy atom. The van der Waals surface area contributed by atoms with Crippen molar-refractivity contribution in [1.29, 1.82) is 0 Å². The molecule has 0 spiro atoms. The fourth-order valence-corrected chi connectivity index (χ4v) is 0.432. The molecule has 2 N–H and O–H groups in total. The Bertz CT molecular complexity index is 260. The summed E-state index contributed by atoms with van der Waals surface area (Å²) in [5.41, 5.74) is 3.50. The van der Waals surface area contributed by atoms with Crippen molar-refractivity contribution in [1.82, 2.24) is 5.48 Å². The van der Waals surface area contributed by atoms with E-state index in [-0.39, 0.29) is 5.91 Å². The van der Waals surface area contributed by atoms with E-state index in [0.717, 1.165) is 12.1 Å². The summed E-state index contributed by atoms with van der Waals surface area (Å²) in [4.78, 5) is 15.6. The minimum absolute atomic E-state index is 0.259. The minimum atomic E-state index is -0.259. The third-order valence-electron chi connectivity index (χ3n) is 1.65. The lowest BCUT2D eigenvalue weighted by molar-refractivity contribution is -0.130. The molecule has 0 unspecified atom stereocenters. The lowest BCUT2D eigenvalue weighted by Gasteiger charge is -2.06. The van der Waals surface area contributed by atoms with Crippen molar-refractivity contribution in [2.24, 2.45) is 11.1 Å². The molecule has 0 aromatic carbocycles. The van der Waals surface area contributed by atoms with Crippen LogP contribution < -0.4 is 5.48 Å². The van der Waals surface area contributed by atoms with Crippen LogP contribution >= 0.6 is 0 Å². The first kappa shape index (κ1) is 18.0. The predicted molar refractivity (Wildman–Crippen MR) is 68.9 cm³/mol. The van der Waals surface area contributed by atoms with E-state index in [2.05, 4.69) is 17.2 Å². The molecule has 0 rings (SSSR count). The fourth-order valence-electron chi connectivity index (χ4n) is 0.432. The van der Waals surface area contributed by atoms with E-state index >= 15 is 0 Å². The van der Waals surface area contributed by atoms with Gasteiger partial charge in [-0.3, -0.25) is 9.63 Å². The summed E-state index contributed by atoms with van der Waals surface area (Å²) < 4.78 is 0. The van der Waals surface area contributed by atoms with Crippen LogP contribution in [0.25, 0.3) is 0 Å². The van der Waals surface area contributed by atoms with E-state index in [1.54, 1.807) is 13.8 Å². The molecule has 1 amide bonds. The van der Waals surface area contributed by atoms with Crippen molar-refractivity contribution in [3.63, 3.8) is 0 Å². The number of hydrogen-bond donors (Lipinski definition) is 2. The lowest BCUT2D eigenvalue weighted by Crippen LogP contribution is -2.25. The largest absolute Gasteiger partial charge is 0.411 e. The molecule has 0 saturated carbocycles. The summed E-state index contributed by atoms with van der Waals surface area (Å²) in [7, 11) is 0. The topological polar surface area (TPSA) is 70.9 Å². The maximum Gasteiger partial charge on any atom is 0.269 e. The van der Waals surface area contributed by atoms with Gasteiger partial charge in [0.05, 0.1) is 12.3 Å². The molecule has 0 bridgehead atoms. The first-order valence-corrected chi connectivity index (χ1v) is 5.60. The maximum absolute atomic E-state index is 10.8. The highest BCUT2D eigenvalue weighted by Crippen LogP contribution is 1.91. The number of nitrogens with zero attached hydrogens (tertiary/aromatic N) is 1. The zero-order chi connectivity index (χ0) is 13.8. The highest BCUT2D eigenvalue weighted by molar-refractivity contribution is 5.91. The zero-order valence-electron chi connectivity index (χ0n) is 11.4. The third-order valence-corrected chi connectivity index (χ3v) is 1.65. The van der Waals surface area contributed by atoms with Crippen LogP contribution in [0, 0.1) is 5.92 Å². The summed E-state index contributed by atoms with van der Waals surface area (Å²) >= 11 is 0. The van der Waals surface area contributed by atoms with Crippen LogP contribution in [0.2, 0.25) is 0 Å². The molecular weight excluding hydrogens is 220 g/mol. The second-order valence-electron chi connectivity index (χ2n) is 4.11. The number of hydroxylamine groups is 1. The second kappa shape index (κ2) is 11.1. The first-order valence-electron chi connectivity index (χ1n) is 5.60. The quantitative estimate of drug-likeness (QED) is 0.338. The molecule has 0 aliphatic rings. The Kier molecular flexibility index (Phi) is 11.8. The Morgan fingerprint density at radius 3 is 2.24 bits per heavy atom. The average molecular weight is 244 g/mol. The number of nitrogens with one attached hydrogen (secondary N) is 1. The third kappa shape index (κ3) is 14.6. The van der Waals surface area contributed by atoms with Crippen LogP contribution in [0.1, 0.15) is 41.0 Å². The zero-order valence-corrected chi connectivity index (χ0v) is 11.4. The van der Waals surface area contributed by atoms with Gasteiger partial charge in [-0.1, -0.05) is 32.5 Å². The van der Waals surface area contributed by atoms with Crippen LogP contribution in [0.3, 0.4) is 0 Å². The van der Waals surface area contributed by atoms with Crippen molar-refractivity contribution in [2.75, 3.05) is 6.61 Å². The number of amides is 1. The molecule has 0 saturated heterocycles. The van der Waals surface area contributed by atoms with E-state index in [1.165, 1.54) is 0 Å². The standard InChI is InChI=1S/C8H15NO2.C4H9NO/c1-6(2)5-11-9-8(10)7(3)4;1-3-4(2)5-6/h6H,3,5H2,1-2,4H3,(H,9,10);6H,3H2,1-2H3. The Hall–Kier alpha value is -1.36. The van der Waals surface area contributed by atoms with Crippen LogP contribution in [-0.4, -0.2) is 23.4 Å². The molecule has 0 radical (unpaired) electrons. The Labute approximate surface area is 103 Å². The molecule has 0 aliphatic heterocycles. The smallest absolute Gasteiger partial charge is 0.269 e. The number of carbonyl (C=O) groups is 1. The van der Waals surface area contributed by atoms with Crippen LogP contribution in [-0.2, 0) is 9.63 Å². The number of carbonyl (C=O) groups excluding carboxylic acids is 1. The van der Waals surface area contributed by atoms with Gasteiger partial charge in [0.15, 0.2) is 0 Å². The normalized spacial score (nSPS) is 10.6. The van der Waals surface area contributed by atoms with E-state index in [0.29, 0.717) is 18.1 Å². The molecule has 17 heavy (non-hydrogen) atoms. The van der Waals surface area contributed by atoms with Crippen LogP contribution in [0.4, 0.5) is 0 Å². The number of oxime groups is 1. The average Bonchev–Trinajstić information content (AvgIpc) is 2.28. The van der Waals surface area contributed by atoms with Crippen molar-refractivity contribution < 1.29 is 14.8 Å². The predicted octanol–water partition coefficient (Wildman–Crippen LogP) is 2.51. The van der Waals surface area contributed by atoms with Gasteiger partial charge >= 0.3 is 0 Å². The van der Waals surface area contributed by atoms with E-state index in [4.69, 9.17) is 10.0 Å². The van der Waals surface area contributed by atoms with Crippen LogP contribution in [0.5, 0.6) is 0 Å². The minimum Gasteiger partial charge on any atom is -0.411 e. The van der Waals surface area contributed by atoms with Gasteiger partial charge in [0, 0.05) is 5.57 Å². The summed E-state index contributed by atoms with van der Waals surface area (Å²) in [6.07, 6.45) is 0.830. The van der Waals surface area contributed by atoms with Crippen molar-refractivity contribution in [2.45, 2.75) is 41.0 Å². The van der Waals surface area contributed by atoms with Gasteiger partial charge in [-0.2, -0.15) is 0 Å². The molecule has 0 heterocycles. The highest BCUT2D eigenvalue weighted by Gasteiger charge is 2.00. The van der Waals surface area contributed by atoms with Gasteiger partial charge in [-0.05, 0) is 26.2 Å². The van der Waals surface area contributed by atoms with Crippen molar-refractivity contribution in [3.05, 3.63) is 12.2 Å². The van der Waals surface area contributed by atoms with E-state index in [9.17, 15) is 4.79 Å². The SMILES string of the molecule is C=C(C)C(=O)NOCC(C)C.CCC(C)=NO. The fraction of sp³-hybridized carbons (Fsp3) is 0.667. The van der Waals surface area contributed by atoms with Crippen molar-refractivity contribution in [3.8, 4) is 0 Å². The monoisotopic (exact) mass is 244 g/mol. The van der Waals surface area contributed by atoms with Gasteiger partial charge in [-0.15, -0.1) is 0 Å². The maximum atomic E-state index is 10.8. The van der Waals surface area contributed by atoms with E-state index < -0.39 is 0 Å². The molecule has 0 aromatic heterocycles. The lowest BCUT2D eigenvalue weighted by atomic mass is 10.2. The molecule has 0 fully saturated rings. The number of hydrogen-bond acceptors (Lipinski definition) is 4. The highest BCUT2D eigenvalue weighted by atomic mass is 16.6. The molecular formula is C12H24N2O3. The summed E-state index contributed by atoms with van der Waals surface area (Å²) in [6.45, 7) is 13.4. The van der Waals surface area contributed by atoms with E-state index in [1.807, 2.05) is 20.8 Å². The van der Waals surface area contributed by atoms with Gasteiger partial charge in [0.2, 0.25) is 0 Å². The summed E-state index contributed by atoms with van der Waals surface area (Å²) in [6, 6.07) is 0. The Morgan fingerprint density at radius 1 is 1.47 bits per heavy atom. The number of rotatable bonds is 5. The van der Waals surface area contributed by atoms with Gasteiger partial charge in [0.1, 0.15) is 0 Å².